The molecule has 0 saturated carbocycles. The molecule has 0 atom stereocenters. The fourth-order valence-electron chi connectivity index (χ4n) is 2.54. The van der Waals surface area contributed by atoms with E-state index in [1.165, 1.54) is 10.9 Å². The highest BCUT2D eigenvalue weighted by Gasteiger charge is 2.08. The van der Waals surface area contributed by atoms with Gasteiger partial charge in [-0.25, -0.2) is 4.98 Å². The smallest absolute Gasteiger partial charge is 0.261 e. The van der Waals surface area contributed by atoms with Crippen molar-refractivity contribution >= 4 is 22.6 Å². The van der Waals surface area contributed by atoms with Crippen molar-refractivity contribution in [3.8, 4) is 0 Å². The molecular formula is C17H18N4O3. The lowest BCUT2D eigenvalue weighted by molar-refractivity contribution is -0.116. The van der Waals surface area contributed by atoms with Crippen LogP contribution >= 0.6 is 0 Å². The molecule has 7 heteroatoms. The molecule has 0 fully saturated rings. The number of amides is 1. The summed E-state index contributed by atoms with van der Waals surface area (Å²) in [5.41, 5.74) is 1.60. The Balaban J connectivity index is 1.62. The highest BCUT2D eigenvalue weighted by atomic mass is 16.5. The lowest BCUT2D eigenvalue weighted by atomic mass is 10.1. The van der Waals surface area contributed by atoms with Gasteiger partial charge in [0.2, 0.25) is 5.91 Å². The Hall–Kier alpha value is -2.96. The van der Waals surface area contributed by atoms with Gasteiger partial charge in [0.1, 0.15) is 5.76 Å². The minimum absolute atomic E-state index is 0.0868. The van der Waals surface area contributed by atoms with E-state index in [1.807, 2.05) is 19.1 Å². The SMILES string of the molecule is Cc1cc(NC(=O)CCCn2cnc3c(C)cccc3c2=O)no1. The second-order valence-electron chi connectivity index (χ2n) is 5.69. The molecule has 0 saturated heterocycles. The number of aromatic nitrogens is 3. The molecule has 0 bridgehead atoms. The predicted molar refractivity (Wildman–Crippen MR) is 89.8 cm³/mol. The molecule has 3 rings (SSSR count). The molecule has 0 aliphatic heterocycles. The number of para-hydroxylation sites is 1. The molecule has 3 aromatic rings. The highest BCUT2D eigenvalue weighted by molar-refractivity contribution is 5.89. The van der Waals surface area contributed by atoms with Crippen molar-refractivity contribution in [2.75, 3.05) is 5.32 Å². The Bertz CT molecular complexity index is 942. The summed E-state index contributed by atoms with van der Waals surface area (Å²) >= 11 is 0. The molecule has 0 spiro atoms. The summed E-state index contributed by atoms with van der Waals surface area (Å²) < 4.78 is 6.42. The number of nitrogens with one attached hydrogen (secondary N) is 1. The zero-order chi connectivity index (χ0) is 17.1. The highest BCUT2D eigenvalue weighted by Crippen LogP contribution is 2.12. The molecule has 0 aliphatic carbocycles. The molecular weight excluding hydrogens is 308 g/mol. The van der Waals surface area contributed by atoms with E-state index in [0.717, 1.165) is 11.1 Å². The van der Waals surface area contributed by atoms with E-state index in [0.29, 0.717) is 29.9 Å². The van der Waals surface area contributed by atoms with Crippen LogP contribution in [-0.4, -0.2) is 20.6 Å². The van der Waals surface area contributed by atoms with Crippen molar-refractivity contribution in [1.29, 1.82) is 0 Å². The van der Waals surface area contributed by atoms with E-state index < -0.39 is 0 Å². The van der Waals surface area contributed by atoms with Gasteiger partial charge in [0.25, 0.3) is 5.56 Å². The number of nitrogens with zero attached hydrogens (tertiary/aromatic N) is 3. The lowest BCUT2D eigenvalue weighted by Crippen LogP contribution is -2.22. The van der Waals surface area contributed by atoms with E-state index in [2.05, 4.69) is 15.5 Å². The molecule has 24 heavy (non-hydrogen) atoms. The summed E-state index contributed by atoms with van der Waals surface area (Å²) in [6, 6.07) is 7.19. The Morgan fingerprint density at radius 3 is 2.92 bits per heavy atom. The predicted octanol–water partition coefficient (Wildman–Crippen LogP) is 2.42. The first kappa shape index (κ1) is 15.9. The maximum Gasteiger partial charge on any atom is 0.261 e. The van der Waals surface area contributed by atoms with Crippen molar-refractivity contribution in [1.82, 2.24) is 14.7 Å². The molecule has 0 aliphatic rings. The van der Waals surface area contributed by atoms with E-state index in [1.54, 1.807) is 19.1 Å². The van der Waals surface area contributed by atoms with Crippen molar-refractivity contribution < 1.29 is 9.32 Å². The minimum atomic E-state index is -0.166. The van der Waals surface area contributed by atoms with Crippen LogP contribution < -0.4 is 10.9 Å². The van der Waals surface area contributed by atoms with Crippen LogP contribution in [0.5, 0.6) is 0 Å². The first-order valence-electron chi connectivity index (χ1n) is 7.72. The number of hydrogen-bond acceptors (Lipinski definition) is 5. The topological polar surface area (TPSA) is 90.0 Å². The summed E-state index contributed by atoms with van der Waals surface area (Å²) in [4.78, 5) is 28.7. The van der Waals surface area contributed by atoms with E-state index in [4.69, 9.17) is 4.52 Å². The van der Waals surface area contributed by atoms with Crippen LogP contribution in [0.3, 0.4) is 0 Å². The molecule has 124 valence electrons. The van der Waals surface area contributed by atoms with E-state index >= 15 is 0 Å². The van der Waals surface area contributed by atoms with Crippen LogP contribution in [0, 0.1) is 13.8 Å². The maximum absolute atomic E-state index is 12.5. The number of carbonyl (C=O) groups is 1. The molecule has 0 radical (unpaired) electrons. The number of carbonyl (C=O) groups excluding carboxylic acids is 1. The average Bonchev–Trinajstić information content (AvgIpc) is 2.95. The van der Waals surface area contributed by atoms with Gasteiger partial charge in [0.15, 0.2) is 5.82 Å². The number of rotatable bonds is 5. The van der Waals surface area contributed by atoms with Crippen molar-refractivity contribution in [2.24, 2.45) is 0 Å². The first-order valence-corrected chi connectivity index (χ1v) is 7.72. The number of fused-ring (bicyclic) bond motifs is 1. The minimum Gasteiger partial charge on any atom is -0.360 e. The third kappa shape index (κ3) is 3.34. The third-order valence-electron chi connectivity index (χ3n) is 3.75. The molecule has 0 unspecified atom stereocenters. The zero-order valence-corrected chi connectivity index (χ0v) is 13.6. The Kier molecular flexibility index (Phi) is 4.41. The second-order valence-corrected chi connectivity index (χ2v) is 5.69. The molecule has 2 aromatic heterocycles. The van der Waals surface area contributed by atoms with Crippen molar-refractivity contribution in [2.45, 2.75) is 33.2 Å². The summed E-state index contributed by atoms with van der Waals surface area (Å²) in [5.74, 6) is 0.868. The summed E-state index contributed by atoms with van der Waals surface area (Å²) in [6.45, 7) is 4.11. The van der Waals surface area contributed by atoms with Gasteiger partial charge < -0.3 is 9.84 Å². The van der Waals surface area contributed by atoms with Gasteiger partial charge in [-0.1, -0.05) is 17.3 Å². The van der Waals surface area contributed by atoms with Gasteiger partial charge in [-0.15, -0.1) is 0 Å². The second kappa shape index (κ2) is 6.66. The number of hydrogen-bond donors (Lipinski definition) is 1. The van der Waals surface area contributed by atoms with Crippen LogP contribution in [0.4, 0.5) is 5.82 Å². The summed E-state index contributed by atoms with van der Waals surface area (Å²) in [6.07, 6.45) is 2.35. The largest absolute Gasteiger partial charge is 0.360 e. The van der Waals surface area contributed by atoms with Crippen LogP contribution in [0.2, 0.25) is 0 Å². The Labute approximate surface area is 138 Å². The monoisotopic (exact) mass is 326 g/mol. The lowest BCUT2D eigenvalue weighted by Gasteiger charge is -2.07. The molecule has 7 nitrogen and oxygen atoms in total. The van der Waals surface area contributed by atoms with Gasteiger partial charge in [0, 0.05) is 19.0 Å². The summed E-state index contributed by atoms with van der Waals surface area (Å²) in [5, 5.41) is 6.96. The quantitative estimate of drug-likeness (QED) is 0.777. The van der Waals surface area contributed by atoms with Crippen LogP contribution in [0.15, 0.2) is 39.9 Å². The van der Waals surface area contributed by atoms with Crippen molar-refractivity contribution in [3.05, 3.63) is 52.3 Å². The van der Waals surface area contributed by atoms with Gasteiger partial charge in [-0.05, 0) is 31.9 Å². The normalized spacial score (nSPS) is 10.9. The van der Waals surface area contributed by atoms with Crippen LogP contribution in [0.25, 0.3) is 10.9 Å². The third-order valence-corrected chi connectivity index (χ3v) is 3.75. The number of benzene rings is 1. The molecule has 1 amide bonds. The van der Waals surface area contributed by atoms with E-state index in [-0.39, 0.29) is 17.9 Å². The van der Waals surface area contributed by atoms with Gasteiger partial charge >= 0.3 is 0 Å². The number of aryl methyl sites for hydroxylation is 3. The van der Waals surface area contributed by atoms with E-state index in [9.17, 15) is 9.59 Å². The fourth-order valence-corrected chi connectivity index (χ4v) is 2.54. The van der Waals surface area contributed by atoms with Crippen molar-refractivity contribution in [3.63, 3.8) is 0 Å². The summed E-state index contributed by atoms with van der Waals surface area (Å²) in [7, 11) is 0. The average molecular weight is 326 g/mol. The Morgan fingerprint density at radius 2 is 2.17 bits per heavy atom. The molecule has 2 heterocycles. The number of anilines is 1. The molecule has 1 N–H and O–H groups in total. The molecule has 1 aromatic carbocycles. The fraction of sp³-hybridized carbons (Fsp3) is 0.294. The van der Waals surface area contributed by atoms with Gasteiger partial charge in [-0.3, -0.25) is 14.2 Å². The van der Waals surface area contributed by atoms with Crippen LogP contribution in [0.1, 0.15) is 24.2 Å². The van der Waals surface area contributed by atoms with Gasteiger partial charge in [-0.2, -0.15) is 0 Å². The standard InChI is InChI=1S/C17H18N4O3/c1-11-5-3-6-13-16(11)18-10-21(17(13)23)8-4-7-15(22)19-14-9-12(2)24-20-14/h3,5-6,9-10H,4,7-8H2,1-2H3,(H,19,20,22). The first-order chi connectivity index (χ1) is 11.5. The zero-order valence-electron chi connectivity index (χ0n) is 13.6. The van der Waals surface area contributed by atoms with Gasteiger partial charge in [0.05, 0.1) is 17.2 Å². The maximum atomic E-state index is 12.5. The van der Waals surface area contributed by atoms with Crippen LogP contribution in [-0.2, 0) is 11.3 Å². The Morgan fingerprint density at radius 1 is 1.33 bits per heavy atom.